The molecule has 2 aliphatic rings. The third kappa shape index (κ3) is 12.9. The van der Waals surface area contributed by atoms with Gasteiger partial charge >= 0.3 is 12.1 Å². The number of carbonyl (C=O) groups is 3. The maximum absolute atomic E-state index is 14.0. The Balaban J connectivity index is 1.62. The quantitative estimate of drug-likeness (QED) is 0.106. The molecule has 1 unspecified atom stereocenters. The predicted molar refractivity (Wildman–Crippen MR) is 204 cm³/mol. The van der Waals surface area contributed by atoms with Gasteiger partial charge in [0.25, 0.3) is 0 Å². The Morgan fingerprint density at radius 1 is 0.944 bits per heavy atom. The summed E-state index contributed by atoms with van der Waals surface area (Å²) in [5.41, 5.74) is 3.48. The lowest BCUT2D eigenvalue weighted by Gasteiger charge is -2.46. The number of amides is 2. The zero-order valence-corrected chi connectivity index (χ0v) is 33.4. The number of carbonyl (C=O) groups excluding carboxylic acids is 3. The lowest BCUT2D eigenvalue weighted by molar-refractivity contribution is -0.171. The summed E-state index contributed by atoms with van der Waals surface area (Å²) in [6, 6.07) is 14.1. The summed E-state index contributed by atoms with van der Waals surface area (Å²) >= 11 is 0. The number of piperidine rings is 1. The van der Waals surface area contributed by atoms with Gasteiger partial charge in [-0.15, -0.1) is 0 Å². The van der Waals surface area contributed by atoms with E-state index in [4.69, 9.17) is 33.2 Å². The molecule has 13 nitrogen and oxygen atoms in total. The molecule has 1 N–H and O–H groups in total. The van der Waals surface area contributed by atoms with Crippen LogP contribution < -0.4 is 15.0 Å². The molecular weight excluding hydrogens is 694 g/mol. The molecule has 0 aliphatic carbocycles. The molecule has 300 valence electrons. The van der Waals surface area contributed by atoms with E-state index in [-0.39, 0.29) is 30.3 Å². The van der Waals surface area contributed by atoms with E-state index in [1.165, 1.54) is 13.8 Å². The van der Waals surface area contributed by atoms with Crippen LogP contribution in [0.25, 0.3) is 0 Å². The van der Waals surface area contributed by atoms with Gasteiger partial charge < -0.3 is 48.3 Å². The summed E-state index contributed by atoms with van der Waals surface area (Å²) in [5.74, 6) is -0.248. The van der Waals surface area contributed by atoms with Gasteiger partial charge in [0.2, 0.25) is 12.2 Å². The van der Waals surface area contributed by atoms with Gasteiger partial charge in [-0.05, 0) is 61.9 Å². The minimum Gasteiger partial charge on any atom is -0.490 e. The number of hydrogen-bond donors (Lipinski definition) is 1. The summed E-state index contributed by atoms with van der Waals surface area (Å²) in [6.45, 7) is 15.3. The first-order valence-electron chi connectivity index (χ1n) is 19.0. The first-order valence-corrected chi connectivity index (χ1v) is 19.0. The Hall–Kier alpha value is -3.91. The lowest BCUT2D eigenvalue weighted by atomic mass is 9.79. The van der Waals surface area contributed by atoms with Crippen LogP contribution in [0.1, 0.15) is 83.4 Å². The largest absolute Gasteiger partial charge is 0.490 e. The first-order chi connectivity index (χ1) is 25.8. The summed E-state index contributed by atoms with van der Waals surface area (Å²) in [7, 11) is 3.36. The van der Waals surface area contributed by atoms with E-state index in [0.717, 1.165) is 47.6 Å². The van der Waals surface area contributed by atoms with Crippen molar-refractivity contribution in [1.82, 2.24) is 10.2 Å². The van der Waals surface area contributed by atoms with E-state index in [2.05, 4.69) is 40.5 Å². The Labute approximate surface area is 320 Å². The number of nitrogens with one attached hydrogen (secondary N) is 1. The number of anilines is 1. The molecule has 1 saturated heterocycles. The highest BCUT2D eigenvalue weighted by Crippen LogP contribution is 2.39. The van der Waals surface area contributed by atoms with E-state index in [9.17, 15) is 14.4 Å². The molecule has 4 atom stereocenters. The second-order valence-electron chi connectivity index (χ2n) is 15.1. The molecule has 2 aliphatic heterocycles. The molecule has 2 amide bonds. The zero-order valence-electron chi connectivity index (χ0n) is 33.4. The van der Waals surface area contributed by atoms with E-state index in [1.54, 1.807) is 33.0 Å². The van der Waals surface area contributed by atoms with Crippen LogP contribution in [0.5, 0.6) is 5.75 Å². The fourth-order valence-corrected chi connectivity index (χ4v) is 7.07. The number of likely N-dealkylation sites (tertiary alicyclic amines) is 1. The average molecular weight is 756 g/mol. The number of rotatable bonds is 19. The van der Waals surface area contributed by atoms with Gasteiger partial charge in [0, 0.05) is 58.7 Å². The van der Waals surface area contributed by atoms with Gasteiger partial charge in [-0.3, -0.25) is 9.59 Å². The third-order valence-electron chi connectivity index (χ3n) is 9.64. The van der Waals surface area contributed by atoms with Crippen molar-refractivity contribution in [2.24, 2.45) is 5.92 Å². The highest BCUT2D eigenvalue weighted by Gasteiger charge is 2.43. The molecule has 0 saturated carbocycles. The first kappa shape index (κ1) is 42.8. The average Bonchev–Trinajstić information content (AvgIpc) is 3.12. The number of ether oxygens (including phenoxy) is 7. The second kappa shape index (κ2) is 20.7. The SMILES string of the molecule is COCCCN1CCOc2ccc(CO[C@H]3CN(C(=O)OC(C)OC(=O)C(C)C)[C@@H](CC(C)(C)NC(C)=O)C[C@@H]3c3ccc(COCCOC)cc3)cc21. The van der Waals surface area contributed by atoms with Crippen LogP contribution in [0.2, 0.25) is 0 Å². The molecule has 54 heavy (non-hydrogen) atoms. The molecule has 13 heteroatoms. The molecule has 0 aromatic heterocycles. The van der Waals surface area contributed by atoms with Crippen molar-refractivity contribution in [3.63, 3.8) is 0 Å². The van der Waals surface area contributed by atoms with Crippen LogP contribution in [0.4, 0.5) is 10.5 Å². The number of nitrogens with zero attached hydrogens (tertiary/aromatic N) is 2. The monoisotopic (exact) mass is 755 g/mol. The summed E-state index contributed by atoms with van der Waals surface area (Å²) in [6.07, 6.45) is -0.217. The minimum atomic E-state index is -1.09. The van der Waals surface area contributed by atoms with Crippen LogP contribution in [0.15, 0.2) is 42.5 Å². The molecule has 2 aromatic rings. The van der Waals surface area contributed by atoms with Crippen molar-refractivity contribution in [3.8, 4) is 5.75 Å². The molecule has 0 bridgehead atoms. The number of hydrogen-bond acceptors (Lipinski definition) is 11. The predicted octanol–water partition coefficient (Wildman–Crippen LogP) is 5.81. The van der Waals surface area contributed by atoms with E-state index >= 15 is 0 Å². The van der Waals surface area contributed by atoms with Crippen molar-refractivity contribution < 1.29 is 47.5 Å². The number of benzene rings is 2. The van der Waals surface area contributed by atoms with Crippen LogP contribution in [-0.2, 0) is 51.2 Å². The maximum Gasteiger partial charge on any atom is 0.413 e. The van der Waals surface area contributed by atoms with Crippen molar-refractivity contribution >= 4 is 23.7 Å². The van der Waals surface area contributed by atoms with Gasteiger partial charge in [-0.2, -0.15) is 0 Å². The van der Waals surface area contributed by atoms with E-state index < -0.39 is 30.0 Å². The van der Waals surface area contributed by atoms with E-state index in [1.807, 2.05) is 26.0 Å². The third-order valence-corrected chi connectivity index (χ3v) is 9.64. The molecule has 2 heterocycles. The van der Waals surface area contributed by atoms with Crippen LogP contribution >= 0.6 is 0 Å². The normalized spacial score (nSPS) is 19.2. The minimum absolute atomic E-state index is 0.0988. The van der Waals surface area contributed by atoms with Gasteiger partial charge in [-0.1, -0.05) is 44.2 Å². The second-order valence-corrected chi connectivity index (χ2v) is 15.1. The highest BCUT2D eigenvalue weighted by molar-refractivity contribution is 5.74. The molecule has 1 fully saturated rings. The highest BCUT2D eigenvalue weighted by atomic mass is 16.7. The fourth-order valence-electron chi connectivity index (χ4n) is 7.07. The van der Waals surface area contributed by atoms with Crippen LogP contribution in [-0.4, -0.2) is 107 Å². The maximum atomic E-state index is 14.0. The smallest absolute Gasteiger partial charge is 0.413 e. The molecule has 4 rings (SSSR count). The van der Waals surface area contributed by atoms with Crippen LogP contribution in [0, 0.1) is 5.92 Å². The Kier molecular flexibility index (Phi) is 16.4. The Bertz CT molecular complexity index is 1500. The van der Waals surface area contributed by atoms with Crippen molar-refractivity contribution in [2.75, 3.05) is 65.2 Å². The molecule has 2 aromatic carbocycles. The Morgan fingerprint density at radius 3 is 2.35 bits per heavy atom. The van der Waals surface area contributed by atoms with Gasteiger partial charge in [-0.25, -0.2) is 4.79 Å². The number of fused-ring (bicyclic) bond motifs is 1. The molecular formula is C41H61N3O10. The van der Waals surface area contributed by atoms with Crippen molar-refractivity contribution in [2.45, 2.75) is 104 Å². The van der Waals surface area contributed by atoms with Crippen molar-refractivity contribution in [3.05, 3.63) is 59.2 Å². The van der Waals surface area contributed by atoms with E-state index in [0.29, 0.717) is 52.5 Å². The summed E-state index contributed by atoms with van der Waals surface area (Å²) in [4.78, 5) is 42.4. The van der Waals surface area contributed by atoms with Gasteiger partial charge in [0.1, 0.15) is 12.4 Å². The summed E-state index contributed by atoms with van der Waals surface area (Å²) < 4.78 is 40.0. The number of esters is 1. The number of methoxy groups -OCH3 is 2. The van der Waals surface area contributed by atoms with Gasteiger partial charge in [0.15, 0.2) is 0 Å². The van der Waals surface area contributed by atoms with Crippen LogP contribution in [0.3, 0.4) is 0 Å². The summed E-state index contributed by atoms with van der Waals surface area (Å²) in [5, 5.41) is 3.04. The van der Waals surface area contributed by atoms with Gasteiger partial charge in [0.05, 0.1) is 57.2 Å². The molecule has 0 radical (unpaired) electrons. The lowest BCUT2D eigenvalue weighted by Crippen LogP contribution is -2.56. The fraction of sp³-hybridized carbons (Fsp3) is 0.634. The standard InChI is InChI=1S/C41H61N3O10/c1-28(2)39(46)53-30(4)54-40(47)44-25-38(52-27-32-12-15-37-36(22-32)43(17-19-51-37)16-9-18-48-7)35(23-34(44)24-41(5,6)42-29(3)45)33-13-10-31(11-14-33)26-50-21-20-49-8/h10-15,22,28,30,34-35,38H,9,16-21,23-27H2,1-8H3,(H,42,45)/t30?,34-,35-,38+/m1/s1. The van der Waals surface area contributed by atoms with Crippen molar-refractivity contribution in [1.29, 1.82) is 0 Å². The molecule has 0 spiro atoms. The topological polar surface area (TPSA) is 134 Å². The Morgan fingerprint density at radius 2 is 1.67 bits per heavy atom. The zero-order chi connectivity index (χ0) is 39.3.